The number of fused-ring (bicyclic) bond motifs is 1. The lowest BCUT2D eigenvalue weighted by molar-refractivity contribution is -0.139. The molecular weight excluding hydrogens is 660 g/mol. The zero-order valence-corrected chi connectivity index (χ0v) is 27.4. The fourth-order valence-corrected chi connectivity index (χ4v) is 6.47. The molecule has 0 aliphatic carbocycles. The largest absolute Gasteiger partial charge is 0.493 e. The number of hydrogen-bond acceptors (Lipinski definition) is 9. The van der Waals surface area contributed by atoms with Crippen molar-refractivity contribution in [2.75, 3.05) is 33.5 Å². The van der Waals surface area contributed by atoms with Crippen molar-refractivity contribution in [2.45, 2.75) is 33.7 Å². The van der Waals surface area contributed by atoms with E-state index in [4.69, 9.17) is 41.7 Å². The Bertz CT molecular complexity index is 1810. The molecule has 0 radical (unpaired) electrons. The van der Waals surface area contributed by atoms with Gasteiger partial charge in [-0.15, -0.1) is 6.42 Å². The third kappa shape index (κ3) is 6.61. The van der Waals surface area contributed by atoms with Crippen LogP contribution >= 0.6 is 38.9 Å². The molecule has 0 fully saturated rings. The highest BCUT2D eigenvalue weighted by Gasteiger charge is 2.35. The Morgan fingerprint density at radius 1 is 1.12 bits per heavy atom. The Balaban J connectivity index is 1.96. The quantitative estimate of drug-likeness (QED) is 0.206. The van der Waals surface area contributed by atoms with Gasteiger partial charge in [-0.3, -0.25) is 9.36 Å². The number of ether oxygens (including phenoxy) is 5. The molecule has 0 saturated carbocycles. The SMILES string of the molecule is C#CCOc1c(Cl)cc(/C=c2/sc3n(c2=O)[C@@H](c2cc(OC)c(OCC)cc2Br)C(C(=O)OCC)=C(C)N=3)cc1OCC. The predicted octanol–water partition coefficient (Wildman–Crippen LogP) is 5.03. The third-order valence-electron chi connectivity index (χ3n) is 6.32. The summed E-state index contributed by atoms with van der Waals surface area (Å²) in [6, 6.07) is 6.03. The smallest absolute Gasteiger partial charge is 0.338 e. The average Bonchev–Trinajstić information content (AvgIpc) is 3.26. The van der Waals surface area contributed by atoms with Crippen molar-refractivity contribution in [1.82, 2.24) is 4.57 Å². The lowest BCUT2D eigenvalue weighted by atomic mass is 9.95. The van der Waals surface area contributed by atoms with Crippen LogP contribution in [0.3, 0.4) is 0 Å². The normalized spacial score (nSPS) is 14.5. The summed E-state index contributed by atoms with van der Waals surface area (Å²) in [7, 11) is 1.53. The van der Waals surface area contributed by atoms with Gasteiger partial charge in [-0.1, -0.05) is 44.8 Å². The highest BCUT2D eigenvalue weighted by atomic mass is 79.9. The fourth-order valence-electron chi connectivity index (χ4n) is 4.61. The van der Waals surface area contributed by atoms with Crippen LogP contribution in [-0.4, -0.2) is 44.1 Å². The van der Waals surface area contributed by atoms with E-state index in [0.717, 1.165) is 0 Å². The van der Waals surface area contributed by atoms with E-state index in [1.54, 1.807) is 44.2 Å². The number of allylic oxidation sites excluding steroid dienone is 1. The van der Waals surface area contributed by atoms with Crippen LogP contribution in [0.4, 0.5) is 0 Å². The van der Waals surface area contributed by atoms with Crippen LogP contribution in [0.25, 0.3) is 6.08 Å². The summed E-state index contributed by atoms with van der Waals surface area (Å²) < 4.78 is 30.5. The molecule has 1 aromatic heterocycles. The van der Waals surface area contributed by atoms with Crippen molar-refractivity contribution in [3.63, 3.8) is 0 Å². The lowest BCUT2D eigenvalue weighted by Crippen LogP contribution is -2.40. The second-order valence-electron chi connectivity index (χ2n) is 9.02. The van der Waals surface area contributed by atoms with Gasteiger partial charge >= 0.3 is 5.97 Å². The van der Waals surface area contributed by atoms with Crippen molar-refractivity contribution < 1.29 is 28.5 Å². The number of carbonyl (C=O) groups excluding carboxylic acids is 1. The van der Waals surface area contributed by atoms with E-state index in [9.17, 15) is 9.59 Å². The Hall–Kier alpha value is -3.72. The Morgan fingerprint density at radius 3 is 2.49 bits per heavy atom. The molecule has 9 nitrogen and oxygen atoms in total. The van der Waals surface area contributed by atoms with Crippen LogP contribution < -0.4 is 33.8 Å². The summed E-state index contributed by atoms with van der Waals surface area (Å²) in [5.41, 5.74) is 1.53. The van der Waals surface area contributed by atoms with E-state index in [0.29, 0.717) is 66.8 Å². The molecule has 0 N–H and O–H groups in total. The highest BCUT2D eigenvalue weighted by molar-refractivity contribution is 9.10. The summed E-state index contributed by atoms with van der Waals surface area (Å²) in [5.74, 6) is 3.53. The first-order valence-electron chi connectivity index (χ1n) is 13.4. The van der Waals surface area contributed by atoms with E-state index < -0.39 is 12.0 Å². The minimum absolute atomic E-state index is 0.0196. The van der Waals surface area contributed by atoms with Crippen molar-refractivity contribution in [1.29, 1.82) is 0 Å². The van der Waals surface area contributed by atoms with Crippen molar-refractivity contribution in [3.05, 3.63) is 75.8 Å². The first-order chi connectivity index (χ1) is 20.7. The number of aromatic nitrogens is 1. The Labute approximate surface area is 266 Å². The summed E-state index contributed by atoms with van der Waals surface area (Å²) in [5, 5.41) is 0.281. The van der Waals surface area contributed by atoms with E-state index in [2.05, 4.69) is 26.8 Å². The van der Waals surface area contributed by atoms with Gasteiger partial charge in [-0.25, -0.2) is 9.79 Å². The number of carbonyl (C=O) groups is 1. The van der Waals surface area contributed by atoms with Gasteiger partial charge in [0.25, 0.3) is 5.56 Å². The molecule has 0 spiro atoms. The molecule has 4 rings (SSSR count). The number of benzene rings is 2. The van der Waals surface area contributed by atoms with Crippen LogP contribution in [-0.2, 0) is 9.53 Å². The molecule has 1 atom stereocenters. The molecule has 1 aliphatic rings. The van der Waals surface area contributed by atoms with Gasteiger partial charge < -0.3 is 23.7 Å². The molecule has 3 aromatic rings. The molecule has 0 unspecified atom stereocenters. The summed E-state index contributed by atoms with van der Waals surface area (Å²) >= 11 is 11.3. The van der Waals surface area contributed by atoms with Crippen LogP contribution in [0, 0.1) is 12.3 Å². The van der Waals surface area contributed by atoms with Gasteiger partial charge in [0, 0.05) is 4.47 Å². The molecule has 1 aliphatic heterocycles. The van der Waals surface area contributed by atoms with Gasteiger partial charge in [0.05, 0.1) is 53.8 Å². The topological polar surface area (TPSA) is 97.6 Å². The maximum atomic E-state index is 14.1. The van der Waals surface area contributed by atoms with Gasteiger partial charge in [0.1, 0.15) is 6.61 Å². The van der Waals surface area contributed by atoms with Gasteiger partial charge in [-0.05, 0) is 69.2 Å². The molecule has 43 heavy (non-hydrogen) atoms. The molecule has 0 amide bonds. The van der Waals surface area contributed by atoms with Gasteiger partial charge in [0.15, 0.2) is 27.8 Å². The van der Waals surface area contributed by atoms with Crippen LogP contribution in [0.5, 0.6) is 23.0 Å². The second kappa shape index (κ2) is 14.2. The van der Waals surface area contributed by atoms with E-state index in [1.165, 1.54) is 23.0 Å². The number of terminal acetylenes is 1. The zero-order chi connectivity index (χ0) is 31.3. The summed E-state index contributed by atoms with van der Waals surface area (Å²) in [6.07, 6.45) is 7.04. The number of esters is 1. The van der Waals surface area contributed by atoms with E-state index in [-0.39, 0.29) is 29.4 Å². The number of thiazole rings is 1. The lowest BCUT2D eigenvalue weighted by Gasteiger charge is -2.26. The number of halogens is 2. The molecule has 2 aromatic carbocycles. The first kappa shape index (κ1) is 32.2. The fraction of sp³-hybridized carbons (Fsp3) is 0.323. The van der Waals surface area contributed by atoms with Crippen LogP contribution in [0.1, 0.15) is 44.9 Å². The van der Waals surface area contributed by atoms with Crippen LogP contribution in [0.15, 0.2) is 49.8 Å². The summed E-state index contributed by atoms with van der Waals surface area (Å²) in [4.78, 5) is 32.5. The van der Waals surface area contributed by atoms with Crippen molar-refractivity contribution >= 4 is 50.9 Å². The molecular formula is C31H30BrClN2O7S. The van der Waals surface area contributed by atoms with Gasteiger partial charge in [-0.2, -0.15) is 0 Å². The third-order valence-corrected chi connectivity index (χ3v) is 8.27. The van der Waals surface area contributed by atoms with Crippen LogP contribution in [0.2, 0.25) is 5.02 Å². The maximum Gasteiger partial charge on any atom is 0.338 e. The standard InChI is InChI=1S/C31H30BrClN2O7S/c1-7-11-42-28-21(33)12-18(13-24(28)40-9-3)14-25-29(36)35-27(19-15-22(38-6)23(39-8-2)16-20(19)32)26(30(37)41-10-4)17(5)34-31(35)43-25/h1,12-16,27H,8-11H2,2-6H3/b25-14+/t27-/m0/s1. The Morgan fingerprint density at radius 2 is 1.84 bits per heavy atom. The monoisotopic (exact) mass is 688 g/mol. The molecule has 0 bridgehead atoms. The highest BCUT2D eigenvalue weighted by Crippen LogP contribution is 2.41. The minimum Gasteiger partial charge on any atom is -0.493 e. The zero-order valence-electron chi connectivity index (χ0n) is 24.3. The van der Waals surface area contributed by atoms with E-state index in [1.807, 2.05) is 13.8 Å². The minimum atomic E-state index is -0.862. The first-order valence-corrected chi connectivity index (χ1v) is 15.4. The number of methoxy groups -OCH3 is 1. The average molecular weight is 690 g/mol. The molecule has 2 heterocycles. The van der Waals surface area contributed by atoms with E-state index >= 15 is 0 Å². The predicted molar refractivity (Wildman–Crippen MR) is 169 cm³/mol. The second-order valence-corrected chi connectivity index (χ2v) is 11.3. The molecule has 0 saturated heterocycles. The number of nitrogens with zero attached hydrogens (tertiary/aromatic N) is 2. The molecule has 12 heteroatoms. The molecule has 226 valence electrons. The summed E-state index contributed by atoms with van der Waals surface area (Å²) in [6.45, 7) is 8.11. The number of hydrogen-bond donors (Lipinski definition) is 0. The van der Waals surface area contributed by atoms with Crippen molar-refractivity contribution in [3.8, 4) is 35.3 Å². The maximum absolute atomic E-state index is 14.1. The van der Waals surface area contributed by atoms with Gasteiger partial charge in [0.2, 0.25) is 0 Å². The van der Waals surface area contributed by atoms with Crippen molar-refractivity contribution in [2.24, 2.45) is 4.99 Å². The number of rotatable bonds is 11. The Kier molecular flexibility index (Phi) is 10.6.